The summed E-state index contributed by atoms with van der Waals surface area (Å²) in [6.07, 6.45) is 2.29. The number of nitrogens with one attached hydrogen (secondary N) is 2. The van der Waals surface area contributed by atoms with Gasteiger partial charge in [-0.15, -0.1) is 0 Å². The van der Waals surface area contributed by atoms with E-state index in [1.807, 2.05) is 6.92 Å². The third kappa shape index (κ3) is 8.63. The van der Waals surface area contributed by atoms with E-state index in [9.17, 15) is 14.4 Å². The molecule has 0 saturated carbocycles. The number of hydrogen-bond donors (Lipinski definition) is 2. The van der Waals surface area contributed by atoms with Crippen molar-refractivity contribution in [2.75, 3.05) is 19.8 Å². The molecule has 0 bridgehead atoms. The molecule has 0 spiro atoms. The van der Waals surface area contributed by atoms with E-state index >= 15 is 0 Å². The minimum Gasteiger partial charge on any atom is -0.494 e. The number of halogens is 1. The van der Waals surface area contributed by atoms with Gasteiger partial charge in [0.2, 0.25) is 0 Å². The van der Waals surface area contributed by atoms with Crippen molar-refractivity contribution in [3.05, 3.63) is 88.4 Å². The van der Waals surface area contributed by atoms with E-state index in [2.05, 4.69) is 15.8 Å². The summed E-state index contributed by atoms with van der Waals surface area (Å²) < 4.78 is 16.7. The second kappa shape index (κ2) is 14.4. The number of benzene rings is 3. The molecule has 3 rings (SSSR count). The predicted octanol–water partition coefficient (Wildman–Crippen LogP) is 4.63. The first-order valence-electron chi connectivity index (χ1n) is 12.0. The van der Waals surface area contributed by atoms with Crippen LogP contribution in [0.2, 0.25) is 5.02 Å². The van der Waals surface area contributed by atoms with Gasteiger partial charge in [0.15, 0.2) is 11.5 Å². The number of ether oxygens (including phenoxy) is 3. The van der Waals surface area contributed by atoms with E-state index in [1.165, 1.54) is 12.3 Å². The molecule has 0 heterocycles. The minimum atomic E-state index is -0.540. The van der Waals surface area contributed by atoms with Crippen molar-refractivity contribution in [3.8, 4) is 17.2 Å². The Morgan fingerprint density at radius 1 is 0.921 bits per heavy atom. The highest BCUT2D eigenvalue weighted by molar-refractivity contribution is 6.31. The number of nitrogens with zero attached hydrogens (tertiary/aromatic N) is 1. The minimum absolute atomic E-state index is 0.244. The summed E-state index contributed by atoms with van der Waals surface area (Å²) in [5.41, 5.74) is 3.64. The summed E-state index contributed by atoms with van der Waals surface area (Å²) in [6.45, 7) is 4.49. The molecule has 3 aromatic rings. The largest absolute Gasteiger partial charge is 0.494 e. The maximum Gasteiger partial charge on any atom is 0.343 e. The molecular weight excluding hydrogens is 510 g/mol. The molecule has 0 unspecified atom stereocenters. The molecular formula is C28H28ClN3O6. The third-order valence-corrected chi connectivity index (χ3v) is 5.17. The van der Waals surface area contributed by atoms with Crippen LogP contribution in [0.25, 0.3) is 0 Å². The first-order chi connectivity index (χ1) is 18.4. The highest BCUT2D eigenvalue weighted by Crippen LogP contribution is 2.29. The maximum absolute atomic E-state index is 12.6. The second-order valence-corrected chi connectivity index (χ2v) is 8.32. The Hall–Kier alpha value is -4.37. The van der Waals surface area contributed by atoms with Crippen LogP contribution in [0.15, 0.2) is 71.8 Å². The molecule has 3 aromatic carbocycles. The lowest BCUT2D eigenvalue weighted by molar-refractivity contribution is -0.120. The van der Waals surface area contributed by atoms with Crippen molar-refractivity contribution in [3.63, 3.8) is 0 Å². The van der Waals surface area contributed by atoms with Gasteiger partial charge < -0.3 is 19.5 Å². The summed E-state index contributed by atoms with van der Waals surface area (Å²) in [6, 6.07) is 17.9. The molecule has 2 amide bonds. The molecule has 0 atom stereocenters. The van der Waals surface area contributed by atoms with Crippen LogP contribution >= 0.6 is 11.6 Å². The molecule has 0 saturated heterocycles. The quantitative estimate of drug-likeness (QED) is 0.151. The van der Waals surface area contributed by atoms with Crippen LogP contribution in [0.1, 0.15) is 46.5 Å². The average Bonchev–Trinajstić information content (AvgIpc) is 2.92. The lowest BCUT2D eigenvalue weighted by atomic mass is 10.2. The van der Waals surface area contributed by atoms with Gasteiger partial charge in [-0.3, -0.25) is 9.59 Å². The van der Waals surface area contributed by atoms with E-state index in [-0.39, 0.29) is 12.3 Å². The molecule has 0 aliphatic rings. The van der Waals surface area contributed by atoms with Gasteiger partial charge in [-0.1, -0.05) is 24.6 Å². The van der Waals surface area contributed by atoms with Crippen molar-refractivity contribution in [2.45, 2.75) is 20.3 Å². The van der Waals surface area contributed by atoms with E-state index in [0.717, 1.165) is 6.42 Å². The molecule has 10 heteroatoms. The molecule has 0 aliphatic carbocycles. The highest BCUT2D eigenvalue weighted by Gasteiger charge is 2.14. The van der Waals surface area contributed by atoms with Crippen molar-refractivity contribution in [2.24, 2.45) is 5.10 Å². The first kappa shape index (κ1) is 28.2. The lowest BCUT2D eigenvalue weighted by Crippen LogP contribution is -2.34. The highest BCUT2D eigenvalue weighted by atomic mass is 35.5. The average molecular weight is 538 g/mol. The van der Waals surface area contributed by atoms with Gasteiger partial charge in [0, 0.05) is 10.6 Å². The van der Waals surface area contributed by atoms with E-state index in [4.69, 9.17) is 25.8 Å². The number of carbonyl (C=O) groups excluding carboxylic acids is 3. The van der Waals surface area contributed by atoms with E-state index in [0.29, 0.717) is 46.4 Å². The number of hydrazone groups is 1. The Kier molecular flexibility index (Phi) is 10.7. The fourth-order valence-electron chi connectivity index (χ4n) is 3.13. The van der Waals surface area contributed by atoms with Crippen molar-refractivity contribution < 1.29 is 28.6 Å². The zero-order chi connectivity index (χ0) is 27.3. The van der Waals surface area contributed by atoms with Gasteiger partial charge in [0.05, 0.1) is 31.5 Å². The van der Waals surface area contributed by atoms with Crippen LogP contribution in [0, 0.1) is 0 Å². The maximum atomic E-state index is 12.6. The van der Waals surface area contributed by atoms with Gasteiger partial charge in [0.1, 0.15) is 5.75 Å². The number of carbonyl (C=O) groups is 3. The topological polar surface area (TPSA) is 115 Å². The van der Waals surface area contributed by atoms with Crippen LogP contribution in [0.4, 0.5) is 0 Å². The van der Waals surface area contributed by atoms with Crippen LogP contribution in [0.5, 0.6) is 17.2 Å². The monoisotopic (exact) mass is 537 g/mol. The predicted molar refractivity (Wildman–Crippen MR) is 144 cm³/mol. The zero-order valence-corrected chi connectivity index (χ0v) is 21.8. The third-order valence-electron chi connectivity index (χ3n) is 4.93. The summed E-state index contributed by atoms with van der Waals surface area (Å²) in [5.74, 6) is -0.225. The smallest absolute Gasteiger partial charge is 0.343 e. The summed E-state index contributed by atoms with van der Waals surface area (Å²) in [4.78, 5) is 36.8. The van der Waals surface area contributed by atoms with E-state index in [1.54, 1.807) is 67.6 Å². The second-order valence-electron chi connectivity index (χ2n) is 7.89. The van der Waals surface area contributed by atoms with Crippen molar-refractivity contribution >= 4 is 35.6 Å². The Bertz CT molecular complexity index is 1290. The molecule has 0 radical (unpaired) electrons. The van der Waals surface area contributed by atoms with Crippen LogP contribution in [-0.2, 0) is 4.79 Å². The standard InChI is InChI=1S/C28H28ClN3O6/c1-3-14-37-23-11-9-20(10-12-23)28(35)38-24-13-8-19(15-25(24)36-4-2)17-31-32-26(33)18-30-27(34)21-6-5-7-22(29)16-21/h5-13,15-17H,3-4,14,18H2,1-2H3,(H,30,34)(H,32,33)/b31-17-. The van der Waals surface area contributed by atoms with Crippen LogP contribution < -0.4 is 25.0 Å². The Morgan fingerprint density at radius 2 is 1.71 bits per heavy atom. The summed E-state index contributed by atoms with van der Waals surface area (Å²) in [5, 5.41) is 6.82. The SMILES string of the molecule is CCCOc1ccc(C(=O)Oc2ccc(/C=N\NC(=O)CNC(=O)c3cccc(Cl)c3)cc2OCC)cc1. The Morgan fingerprint density at radius 3 is 2.42 bits per heavy atom. The Labute approximate surface area is 225 Å². The fraction of sp³-hybridized carbons (Fsp3) is 0.214. The molecule has 0 aromatic heterocycles. The normalized spacial score (nSPS) is 10.6. The molecule has 38 heavy (non-hydrogen) atoms. The van der Waals surface area contributed by atoms with Gasteiger partial charge in [-0.2, -0.15) is 5.10 Å². The number of hydrogen-bond acceptors (Lipinski definition) is 7. The van der Waals surface area contributed by atoms with Crippen molar-refractivity contribution in [1.82, 2.24) is 10.7 Å². The molecule has 198 valence electrons. The first-order valence-corrected chi connectivity index (χ1v) is 12.3. The summed E-state index contributed by atoms with van der Waals surface area (Å²) >= 11 is 5.87. The lowest BCUT2D eigenvalue weighted by Gasteiger charge is -2.12. The molecule has 9 nitrogen and oxygen atoms in total. The van der Waals surface area contributed by atoms with Gasteiger partial charge >= 0.3 is 5.97 Å². The molecule has 2 N–H and O–H groups in total. The zero-order valence-electron chi connectivity index (χ0n) is 21.0. The Balaban J connectivity index is 1.56. The van der Waals surface area contributed by atoms with Gasteiger partial charge in [-0.05, 0) is 79.6 Å². The van der Waals surface area contributed by atoms with Crippen molar-refractivity contribution in [1.29, 1.82) is 0 Å². The number of rotatable bonds is 12. The number of esters is 1. The molecule has 0 fully saturated rings. The van der Waals surface area contributed by atoms with Crippen LogP contribution in [0.3, 0.4) is 0 Å². The summed E-state index contributed by atoms with van der Waals surface area (Å²) in [7, 11) is 0. The van der Waals surface area contributed by atoms with E-state index < -0.39 is 17.8 Å². The van der Waals surface area contributed by atoms with Crippen LogP contribution in [-0.4, -0.2) is 43.8 Å². The van der Waals surface area contributed by atoms with Gasteiger partial charge in [0.25, 0.3) is 11.8 Å². The number of amides is 2. The fourth-order valence-corrected chi connectivity index (χ4v) is 3.32. The van der Waals surface area contributed by atoms with Gasteiger partial charge in [-0.25, -0.2) is 10.2 Å². The molecule has 0 aliphatic heterocycles.